The number of amides is 2. The standard InChI is InChI=1S/C20H32N6O4/c1-12(2)16(21)18(28)26-15(11-13-7-4-3-5-8-13)17(27)25-14(19(29)30)9-6-10-24-20(22)23/h3-5,7-8,12,14-16H,6,9-11,21H2,1-2H3,(H,25,27)(H,26,28)(H,29,30)(H4,22,23,24)/t14-,15-,16-/m0/s1. The summed E-state index contributed by atoms with van der Waals surface area (Å²) in [6.07, 6.45) is 0.696. The molecule has 9 N–H and O–H groups in total. The zero-order valence-electron chi connectivity index (χ0n) is 17.4. The lowest BCUT2D eigenvalue weighted by Gasteiger charge is -2.24. The first-order chi connectivity index (χ1) is 14.1. The molecule has 10 heteroatoms. The number of hydrogen-bond donors (Lipinski definition) is 6. The van der Waals surface area contributed by atoms with Gasteiger partial charge in [-0.15, -0.1) is 0 Å². The van der Waals surface area contributed by atoms with Crippen molar-refractivity contribution in [1.82, 2.24) is 10.6 Å². The molecule has 0 aliphatic carbocycles. The lowest BCUT2D eigenvalue weighted by atomic mass is 10.0. The lowest BCUT2D eigenvalue weighted by molar-refractivity contribution is -0.142. The van der Waals surface area contributed by atoms with Gasteiger partial charge in [-0.05, 0) is 24.3 Å². The summed E-state index contributed by atoms with van der Waals surface area (Å²) < 4.78 is 0. The number of carbonyl (C=O) groups excluding carboxylic acids is 2. The van der Waals surface area contributed by atoms with E-state index in [2.05, 4.69) is 15.6 Å². The summed E-state index contributed by atoms with van der Waals surface area (Å²) >= 11 is 0. The van der Waals surface area contributed by atoms with Gasteiger partial charge in [0, 0.05) is 13.0 Å². The molecule has 30 heavy (non-hydrogen) atoms. The van der Waals surface area contributed by atoms with Gasteiger partial charge in [-0.3, -0.25) is 14.6 Å². The van der Waals surface area contributed by atoms with Crippen molar-refractivity contribution in [3.8, 4) is 0 Å². The predicted molar refractivity (Wildman–Crippen MR) is 114 cm³/mol. The molecule has 2 amide bonds. The van der Waals surface area contributed by atoms with Crippen LogP contribution in [-0.2, 0) is 20.8 Å². The summed E-state index contributed by atoms with van der Waals surface area (Å²) in [7, 11) is 0. The van der Waals surface area contributed by atoms with Gasteiger partial charge < -0.3 is 32.9 Å². The van der Waals surface area contributed by atoms with Gasteiger partial charge in [0.1, 0.15) is 12.1 Å². The van der Waals surface area contributed by atoms with E-state index in [1.165, 1.54) is 0 Å². The topological polar surface area (TPSA) is 186 Å². The minimum atomic E-state index is -1.18. The van der Waals surface area contributed by atoms with Crippen molar-refractivity contribution in [3.63, 3.8) is 0 Å². The second-order valence-corrected chi connectivity index (χ2v) is 7.37. The van der Waals surface area contributed by atoms with Crippen LogP contribution in [0.15, 0.2) is 35.3 Å². The van der Waals surface area contributed by atoms with Crippen LogP contribution in [0.25, 0.3) is 0 Å². The van der Waals surface area contributed by atoms with Gasteiger partial charge in [0.15, 0.2) is 5.96 Å². The molecule has 0 bridgehead atoms. The molecule has 166 valence electrons. The van der Waals surface area contributed by atoms with E-state index in [4.69, 9.17) is 17.2 Å². The fourth-order valence-electron chi connectivity index (χ4n) is 2.66. The monoisotopic (exact) mass is 420 g/mol. The fraction of sp³-hybridized carbons (Fsp3) is 0.500. The van der Waals surface area contributed by atoms with Crippen molar-refractivity contribution in [2.75, 3.05) is 6.54 Å². The van der Waals surface area contributed by atoms with Gasteiger partial charge in [-0.2, -0.15) is 0 Å². The molecule has 0 heterocycles. The van der Waals surface area contributed by atoms with Crippen LogP contribution in [0.1, 0.15) is 32.3 Å². The number of nitrogens with one attached hydrogen (secondary N) is 2. The highest BCUT2D eigenvalue weighted by molar-refractivity contribution is 5.92. The van der Waals surface area contributed by atoms with E-state index in [0.717, 1.165) is 5.56 Å². The summed E-state index contributed by atoms with van der Waals surface area (Å²) in [5.41, 5.74) is 17.2. The summed E-state index contributed by atoms with van der Waals surface area (Å²) in [5.74, 6) is -2.46. The number of nitrogens with zero attached hydrogens (tertiary/aromatic N) is 1. The fourth-order valence-corrected chi connectivity index (χ4v) is 2.66. The Hall–Kier alpha value is -3.14. The van der Waals surface area contributed by atoms with Crippen LogP contribution in [0, 0.1) is 5.92 Å². The third kappa shape index (κ3) is 8.91. The quantitative estimate of drug-likeness (QED) is 0.147. The molecular formula is C20H32N6O4. The molecule has 0 fully saturated rings. The maximum absolute atomic E-state index is 12.8. The molecule has 0 radical (unpaired) electrons. The number of carboxylic acid groups (broad SMARTS) is 1. The highest BCUT2D eigenvalue weighted by Gasteiger charge is 2.28. The van der Waals surface area contributed by atoms with Crippen molar-refractivity contribution in [3.05, 3.63) is 35.9 Å². The Kier molecular flexibility index (Phi) is 10.3. The predicted octanol–water partition coefficient (Wildman–Crippen LogP) is -0.680. The number of nitrogens with two attached hydrogens (primary N) is 3. The number of hydrogen-bond acceptors (Lipinski definition) is 5. The van der Waals surface area contributed by atoms with Crippen molar-refractivity contribution in [1.29, 1.82) is 0 Å². The largest absolute Gasteiger partial charge is 0.480 e. The average Bonchev–Trinajstić information content (AvgIpc) is 2.69. The Morgan fingerprint density at radius 2 is 1.63 bits per heavy atom. The smallest absolute Gasteiger partial charge is 0.326 e. The zero-order valence-corrected chi connectivity index (χ0v) is 17.4. The van der Waals surface area contributed by atoms with Gasteiger partial charge in [-0.25, -0.2) is 4.79 Å². The van der Waals surface area contributed by atoms with Gasteiger partial charge in [0.05, 0.1) is 6.04 Å². The number of carbonyl (C=O) groups is 3. The van der Waals surface area contributed by atoms with Crippen molar-refractivity contribution >= 4 is 23.7 Å². The molecule has 1 rings (SSSR count). The van der Waals surface area contributed by atoms with E-state index in [0.29, 0.717) is 6.42 Å². The zero-order chi connectivity index (χ0) is 22.7. The highest BCUT2D eigenvalue weighted by atomic mass is 16.4. The molecule has 0 saturated carbocycles. The second kappa shape index (κ2) is 12.4. The van der Waals surface area contributed by atoms with E-state index in [1.807, 2.05) is 30.3 Å². The van der Waals surface area contributed by atoms with E-state index in [-0.39, 0.29) is 31.3 Å². The minimum absolute atomic E-state index is 0.0851. The maximum atomic E-state index is 12.8. The molecule has 0 aromatic heterocycles. The second-order valence-electron chi connectivity index (χ2n) is 7.37. The number of benzene rings is 1. The molecule has 1 aromatic carbocycles. The molecular weight excluding hydrogens is 388 g/mol. The molecule has 0 unspecified atom stereocenters. The van der Waals surface area contributed by atoms with Crippen LogP contribution < -0.4 is 27.8 Å². The average molecular weight is 421 g/mol. The molecule has 1 aromatic rings. The Labute approximate surface area is 176 Å². The van der Waals surface area contributed by atoms with Gasteiger partial charge in [0.2, 0.25) is 11.8 Å². The molecule has 0 aliphatic heterocycles. The van der Waals surface area contributed by atoms with Crippen LogP contribution in [0.2, 0.25) is 0 Å². The minimum Gasteiger partial charge on any atom is -0.480 e. The third-order valence-corrected chi connectivity index (χ3v) is 4.50. The molecule has 3 atom stereocenters. The van der Waals surface area contributed by atoms with Crippen LogP contribution in [0.3, 0.4) is 0 Å². The first-order valence-corrected chi connectivity index (χ1v) is 9.80. The highest BCUT2D eigenvalue weighted by Crippen LogP contribution is 2.07. The normalized spacial score (nSPS) is 13.7. The van der Waals surface area contributed by atoms with Gasteiger partial charge >= 0.3 is 5.97 Å². The summed E-state index contributed by atoms with van der Waals surface area (Å²) in [6, 6.07) is 6.21. The Morgan fingerprint density at radius 3 is 2.17 bits per heavy atom. The van der Waals surface area contributed by atoms with Crippen molar-refractivity contribution in [2.24, 2.45) is 28.1 Å². The van der Waals surface area contributed by atoms with E-state index in [1.54, 1.807) is 13.8 Å². The third-order valence-electron chi connectivity index (χ3n) is 4.50. The van der Waals surface area contributed by atoms with Crippen molar-refractivity contribution in [2.45, 2.75) is 51.2 Å². The number of carboxylic acids is 1. The Morgan fingerprint density at radius 1 is 1.03 bits per heavy atom. The Balaban J connectivity index is 2.88. The summed E-state index contributed by atoms with van der Waals surface area (Å²) in [6.45, 7) is 3.84. The van der Waals surface area contributed by atoms with E-state index < -0.39 is 35.9 Å². The van der Waals surface area contributed by atoms with Gasteiger partial charge in [-0.1, -0.05) is 44.2 Å². The Bertz CT molecular complexity index is 734. The molecule has 0 aliphatic rings. The number of aliphatic imine (C=N–C) groups is 1. The van der Waals surface area contributed by atoms with Crippen LogP contribution in [0.4, 0.5) is 0 Å². The van der Waals surface area contributed by atoms with Crippen molar-refractivity contribution < 1.29 is 19.5 Å². The number of aliphatic carboxylic acids is 1. The van der Waals surface area contributed by atoms with Crippen LogP contribution >= 0.6 is 0 Å². The molecule has 10 nitrogen and oxygen atoms in total. The maximum Gasteiger partial charge on any atom is 0.326 e. The van der Waals surface area contributed by atoms with E-state index >= 15 is 0 Å². The van der Waals surface area contributed by atoms with Gasteiger partial charge in [0.25, 0.3) is 0 Å². The SMILES string of the molecule is CC(C)[C@H](N)C(=O)N[C@@H](Cc1ccccc1)C(=O)N[C@@H](CCCN=C(N)N)C(=O)O. The van der Waals surface area contributed by atoms with Crippen LogP contribution in [-0.4, -0.2) is 53.5 Å². The summed E-state index contributed by atoms with van der Waals surface area (Å²) in [4.78, 5) is 40.6. The number of rotatable bonds is 12. The molecule has 0 saturated heterocycles. The summed E-state index contributed by atoms with van der Waals surface area (Å²) in [5, 5.41) is 14.6. The lowest BCUT2D eigenvalue weighted by Crippen LogP contribution is -2.56. The first-order valence-electron chi connectivity index (χ1n) is 9.80. The van der Waals surface area contributed by atoms with E-state index in [9.17, 15) is 19.5 Å². The number of guanidine groups is 1. The first kappa shape index (κ1) is 24.9. The molecule has 0 spiro atoms. The van der Waals surface area contributed by atoms with Crippen LogP contribution in [0.5, 0.6) is 0 Å².